The van der Waals surface area contributed by atoms with Gasteiger partial charge in [0.25, 0.3) is 0 Å². The first-order valence-electron chi connectivity index (χ1n) is 5.66. The monoisotopic (exact) mass is 232 g/mol. The second kappa shape index (κ2) is 4.67. The van der Waals surface area contributed by atoms with Crippen molar-refractivity contribution in [3.05, 3.63) is 29.3 Å². The second-order valence-corrected chi connectivity index (χ2v) is 4.40. The smallest absolute Gasteiger partial charge is 0.231 e. The van der Waals surface area contributed by atoms with E-state index in [-0.39, 0.29) is 11.7 Å². The zero-order valence-corrected chi connectivity index (χ0v) is 10.1. The van der Waals surface area contributed by atoms with Gasteiger partial charge in [0, 0.05) is 19.3 Å². The number of nitrogens with one attached hydrogen (secondary N) is 1. The van der Waals surface area contributed by atoms with Crippen molar-refractivity contribution < 1.29 is 9.59 Å². The van der Waals surface area contributed by atoms with Crippen molar-refractivity contribution in [3.63, 3.8) is 0 Å². The summed E-state index contributed by atoms with van der Waals surface area (Å²) in [5.74, 6) is 0.259. The minimum atomic E-state index is 0.126. The maximum atomic E-state index is 11.5. The molecule has 0 radical (unpaired) electrons. The Hall–Kier alpha value is -1.68. The number of fused-ring (bicyclic) bond motifs is 1. The Kier molecular flexibility index (Phi) is 3.24. The number of hydrogen-bond acceptors (Lipinski definition) is 3. The molecule has 0 unspecified atom stereocenters. The molecule has 0 fully saturated rings. The van der Waals surface area contributed by atoms with Gasteiger partial charge in [-0.25, -0.2) is 0 Å². The third-order valence-corrected chi connectivity index (χ3v) is 2.92. The van der Waals surface area contributed by atoms with Gasteiger partial charge in [-0.1, -0.05) is 12.1 Å². The van der Waals surface area contributed by atoms with E-state index in [1.807, 2.05) is 18.2 Å². The zero-order chi connectivity index (χ0) is 12.4. The summed E-state index contributed by atoms with van der Waals surface area (Å²) in [5.41, 5.74) is 3.16. The Labute approximate surface area is 101 Å². The predicted octanol–water partition coefficient (Wildman–Crippen LogP) is 0.884. The number of ketones is 1. The van der Waals surface area contributed by atoms with E-state index >= 15 is 0 Å². The number of likely N-dealkylation sites (N-methyl/N-ethyl adjacent to an activating group) is 1. The summed E-state index contributed by atoms with van der Waals surface area (Å²) in [7, 11) is 1.79. The van der Waals surface area contributed by atoms with Crippen molar-refractivity contribution in [2.75, 3.05) is 18.5 Å². The Morgan fingerprint density at radius 2 is 2.24 bits per heavy atom. The number of benzene rings is 1. The molecule has 0 atom stereocenters. The zero-order valence-electron chi connectivity index (χ0n) is 10.1. The molecule has 0 bridgehead atoms. The first-order chi connectivity index (χ1) is 8.08. The van der Waals surface area contributed by atoms with Crippen LogP contribution < -0.4 is 10.2 Å². The van der Waals surface area contributed by atoms with E-state index in [1.54, 1.807) is 18.9 Å². The Bertz CT molecular complexity index is 468. The first-order valence-corrected chi connectivity index (χ1v) is 5.66. The van der Waals surface area contributed by atoms with Gasteiger partial charge in [0.2, 0.25) is 5.91 Å². The highest BCUT2D eigenvalue weighted by molar-refractivity contribution is 6.00. The summed E-state index contributed by atoms with van der Waals surface area (Å²) in [6.07, 6.45) is 0.479. The highest BCUT2D eigenvalue weighted by atomic mass is 16.2. The van der Waals surface area contributed by atoms with Crippen LogP contribution in [0.1, 0.15) is 18.1 Å². The van der Waals surface area contributed by atoms with Gasteiger partial charge >= 0.3 is 0 Å². The predicted molar refractivity (Wildman–Crippen MR) is 65.9 cm³/mol. The molecule has 4 heteroatoms. The maximum Gasteiger partial charge on any atom is 0.231 e. The normalized spacial score (nSPS) is 14.0. The van der Waals surface area contributed by atoms with Crippen LogP contribution in [-0.2, 0) is 22.6 Å². The van der Waals surface area contributed by atoms with Crippen LogP contribution in [0, 0.1) is 0 Å². The molecular formula is C13H16N2O2. The van der Waals surface area contributed by atoms with E-state index in [1.165, 1.54) is 0 Å². The molecule has 1 aromatic rings. The summed E-state index contributed by atoms with van der Waals surface area (Å²) in [6.45, 7) is 2.60. The van der Waals surface area contributed by atoms with Crippen molar-refractivity contribution in [1.29, 1.82) is 0 Å². The average Bonchev–Trinajstić information content (AvgIpc) is 2.54. The number of Topliss-reactive ketones (excluding diaryl/α,β-unsaturated/α-hetero) is 1. The first kappa shape index (κ1) is 11.8. The highest BCUT2D eigenvalue weighted by Gasteiger charge is 2.23. The molecule has 4 nitrogen and oxygen atoms in total. The van der Waals surface area contributed by atoms with Crippen molar-refractivity contribution >= 4 is 17.4 Å². The summed E-state index contributed by atoms with van der Waals surface area (Å²) in [4.78, 5) is 24.0. The van der Waals surface area contributed by atoms with Gasteiger partial charge in [-0.05, 0) is 24.1 Å². The molecule has 1 aromatic carbocycles. The van der Waals surface area contributed by atoms with Crippen LogP contribution in [-0.4, -0.2) is 25.3 Å². The lowest BCUT2D eigenvalue weighted by Gasteiger charge is -2.10. The fourth-order valence-corrected chi connectivity index (χ4v) is 2.02. The summed E-state index contributed by atoms with van der Waals surface area (Å²) in [6, 6.07) is 5.98. The van der Waals surface area contributed by atoms with Crippen LogP contribution in [0.4, 0.5) is 5.69 Å². The lowest BCUT2D eigenvalue weighted by Crippen LogP contribution is -2.20. The Morgan fingerprint density at radius 1 is 1.47 bits per heavy atom. The van der Waals surface area contributed by atoms with Crippen molar-refractivity contribution in [2.24, 2.45) is 0 Å². The van der Waals surface area contributed by atoms with Crippen LogP contribution in [0.5, 0.6) is 0 Å². The molecule has 0 aromatic heterocycles. The molecule has 2 rings (SSSR count). The minimum absolute atomic E-state index is 0.126. The second-order valence-electron chi connectivity index (χ2n) is 4.40. The van der Waals surface area contributed by atoms with E-state index in [4.69, 9.17) is 0 Å². The van der Waals surface area contributed by atoms with Crippen LogP contribution in [0.15, 0.2) is 18.2 Å². The number of amides is 1. The van der Waals surface area contributed by atoms with Crippen molar-refractivity contribution in [3.8, 4) is 0 Å². The third kappa shape index (κ3) is 2.53. The van der Waals surface area contributed by atoms with Gasteiger partial charge in [-0.15, -0.1) is 0 Å². The Morgan fingerprint density at radius 3 is 2.94 bits per heavy atom. The molecule has 17 heavy (non-hydrogen) atoms. The SMILES string of the molecule is CC(=O)CNCc1ccc2c(c1)CC(=O)N2C. The number of hydrogen-bond donors (Lipinski definition) is 1. The third-order valence-electron chi connectivity index (χ3n) is 2.92. The van der Waals surface area contributed by atoms with Gasteiger partial charge < -0.3 is 10.2 Å². The lowest BCUT2D eigenvalue weighted by molar-refractivity contribution is -0.117. The molecule has 0 spiro atoms. The van der Waals surface area contributed by atoms with Gasteiger partial charge in [0.05, 0.1) is 13.0 Å². The van der Waals surface area contributed by atoms with E-state index in [2.05, 4.69) is 5.32 Å². The summed E-state index contributed by atoms with van der Waals surface area (Å²) < 4.78 is 0. The standard InChI is InChI=1S/C13H16N2O2/c1-9(16)7-14-8-10-3-4-12-11(5-10)6-13(17)15(12)2/h3-5,14H,6-8H2,1-2H3. The average molecular weight is 232 g/mol. The topological polar surface area (TPSA) is 49.4 Å². The quantitative estimate of drug-likeness (QED) is 0.838. The van der Waals surface area contributed by atoms with Crippen LogP contribution >= 0.6 is 0 Å². The van der Waals surface area contributed by atoms with Gasteiger partial charge in [0.1, 0.15) is 5.78 Å². The van der Waals surface area contributed by atoms with Crippen molar-refractivity contribution in [2.45, 2.75) is 19.9 Å². The molecule has 0 saturated heterocycles. The van der Waals surface area contributed by atoms with Crippen LogP contribution in [0.2, 0.25) is 0 Å². The number of anilines is 1. The number of rotatable bonds is 4. The molecule has 1 N–H and O–H groups in total. The molecular weight excluding hydrogens is 216 g/mol. The van der Waals surface area contributed by atoms with Gasteiger partial charge in [-0.3, -0.25) is 9.59 Å². The molecule has 1 aliphatic heterocycles. The van der Waals surface area contributed by atoms with E-state index in [0.29, 0.717) is 19.5 Å². The van der Waals surface area contributed by atoms with Gasteiger partial charge in [-0.2, -0.15) is 0 Å². The molecule has 0 aliphatic carbocycles. The summed E-state index contributed by atoms with van der Waals surface area (Å²) >= 11 is 0. The fourth-order valence-electron chi connectivity index (χ4n) is 2.02. The van der Waals surface area contributed by atoms with Crippen molar-refractivity contribution in [1.82, 2.24) is 5.32 Å². The molecule has 1 heterocycles. The number of carbonyl (C=O) groups excluding carboxylic acids is 2. The van der Waals surface area contributed by atoms with E-state index < -0.39 is 0 Å². The summed E-state index contributed by atoms with van der Waals surface area (Å²) in [5, 5.41) is 3.07. The highest BCUT2D eigenvalue weighted by Crippen LogP contribution is 2.28. The molecule has 1 aliphatic rings. The maximum absolute atomic E-state index is 11.5. The Balaban J connectivity index is 2.05. The van der Waals surface area contributed by atoms with Crippen LogP contribution in [0.3, 0.4) is 0 Å². The largest absolute Gasteiger partial charge is 0.315 e. The number of carbonyl (C=O) groups is 2. The molecule has 1 amide bonds. The molecule has 90 valence electrons. The van der Waals surface area contributed by atoms with Crippen LogP contribution in [0.25, 0.3) is 0 Å². The molecule has 0 saturated carbocycles. The van der Waals surface area contributed by atoms with E-state index in [9.17, 15) is 9.59 Å². The lowest BCUT2D eigenvalue weighted by atomic mass is 10.1. The fraction of sp³-hybridized carbons (Fsp3) is 0.385. The van der Waals surface area contributed by atoms with E-state index in [0.717, 1.165) is 16.8 Å². The number of nitrogens with zero attached hydrogens (tertiary/aromatic N) is 1. The van der Waals surface area contributed by atoms with Gasteiger partial charge in [0.15, 0.2) is 0 Å². The minimum Gasteiger partial charge on any atom is -0.315 e.